The van der Waals surface area contributed by atoms with Gasteiger partial charge in [0.05, 0.1) is 17.3 Å². The molecule has 0 saturated carbocycles. The molecule has 1 aromatic carbocycles. The quantitative estimate of drug-likeness (QED) is 0.750. The van der Waals surface area contributed by atoms with Crippen LogP contribution in [0.1, 0.15) is 11.3 Å². The first-order valence-corrected chi connectivity index (χ1v) is 5.98. The molecule has 5 heteroatoms. The fourth-order valence-corrected chi connectivity index (χ4v) is 2.29. The van der Waals surface area contributed by atoms with E-state index in [1.807, 2.05) is 19.1 Å². The Morgan fingerprint density at radius 2 is 1.81 bits per heavy atom. The van der Waals surface area contributed by atoms with Crippen LogP contribution in [0.15, 0.2) is 24.3 Å². The minimum atomic E-state index is 0.359. The number of benzene rings is 1. The van der Waals surface area contributed by atoms with Crippen molar-refractivity contribution in [2.75, 3.05) is 0 Å². The lowest BCUT2D eigenvalue weighted by atomic mass is 10.3. The van der Waals surface area contributed by atoms with Gasteiger partial charge in [-0.2, -0.15) is 5.10 Å². The standard InChI is InChI=1S/C11H9Cl3N2/c1-7-10(6-12)11(14)16(15-7)9-4-2-8(13)3-5-9/h2-5H,6H2,1H3. The number of alkyl halides is 1. The van der Waals surface area contributed by atoms with Crippen LogP contribution in [-0.4, -0.2) is 9.78 Å². The Hall–Kier alpha value is -0.700. The second kappa shape index (κ2) is 4.66. The Morgan fingerprint density at radius 1 is 1.19 bits per heavy atom. The third-order valence-corrected chi connectivity index (χ3v) is 3.23. The van der Waals surface area contributed by atoms with E-state index >= 15 is 0 Å². The van der Waals surface area contributed by atoms with Crippen molar-refractivity contribution in [3.8, 4) is 5.69 Å². The highest BCUT2D eigenvalue weighted by Crippen LogP contribution is 2.25. The third-order valence-electron chi connectivity index (χ3n) is 2.33. The van der Waals surface area contributed by atoms with Crippen LogP contribution in [0.2, 0.25) is 10.2 Å². The molecule has 0 unspecified atom stereocenters. The Morgan fingerprint density at radius 3 is 2.31 bits per heavy atom. The van der Waals surface area contributed by atoms with Crippen molar-refractivity contribution < 1.29 is 0 Å². The summed E-state index contributed by atoms with van der Waals surface area (Å²) in [4.78, 5) is 0. The number of aromatic nitrogens is 2. The highest BCUT2D eigenvalue weighted by molar-refractivity contribution is 6.31. The molecule has 0 atom stereocenters. The predicted molar refractivity (Wildman–Crippen MR) is 67.9 cm³/mol. The van der Waals surface area contributed by atoms with Crippen molar-refractivity contribution in [2.24, 2.45) is 0 Å². The maximum atomic E-state index is 6.19. The molecular weight excluding hydrogens is 266 g/mol. The molecule has 0 saturated heterocycles. The van der Waals surface area contributed by atoms with E-state index in [-0.39, 0.29) is 0 Å². The normalized spacial score (nSPS) is 10.8. The molecule has 0 aliphatic rings. The second-order valence-electron chi connectivity index (χ2n) is 3.38. The van der Waals surface area contributed by atoms with Crippen molar-refractivity contribution in [3.05, 3.63) is 45.7 Å². The Kier molecular flexibility index (Phi) is 3.43. The van der Waals surface area contributed by atoms with E-state index in [0.29, 0.717) is 16.1 Å². The summed E-state index contributed by atoms with van der Waals surface area (Å²) in [5.41, 5.74) is 2.57. The SMILES string of the molecule is Cc1nn(-c2ccc(Cl)cc2)c(Cl)c1CCl. The first-order chi connectivity index (χ1) is 7.63. The molecule has 0 spiro atoms. The monoisotopic (exact) mass is 274 g/mol. The number of hydrogen-bond donors (Lipinski definition) is 0. The summed E-state index contributed by atoms with van der Waals surface area (Å²) in [5.74, 6) is 0.359. The lowest BCUT2D eigenvalue weighted by Crippen LogP contribution is -1.96. The zero-order valence-corrected chi connectivity index (χ0v) is 10.8. The van der Waals surface area contributed by atoms with E-state index in [0.717, 1.165) is 16.9 Å². The summed E-state index contributed by atoms with van der Waals surface area (Å²) in [6, 6.07) is 7.31. The van der Waals surface area contributed by atoms with Crippen LogP contribution < -0.4 is 0 Å². The highest BCUT2D eigenvalue weighted by atomic mass is 35.5. The number of halogens is 3. The van der Waals surface area contributed by atoms with E-state index in [4.69, 9.17) is 34.8 Å². The third kappa shape index (κ3) is 2.05. The average Bonchev–Trinajstić information content (AvgIpc) is 2.55. The van der Waals surface area contributed by atoms with Crippen molar-refractivity contribution in [1.29, 1.82) is 0 Å². The van der Waals surface area contributed by atoms with E-state index < -0.39 is 0 Å². The van der Waals surface area contributed by atoms with Gasteiger partial charge in [-0.25, -0.2) is 4.68 Å². The van der Waals surface area contributed by atoms with E-state index in [9.17, 15) is 0 Å². The second-order valence-corrected chi connectivity index (χ2v) is 4.44. The zero-order valence-electron chi connectivity index (χ0n) is 8.54. The van der Waals surface area contributed by atoms with Crippen molar-refractivity contribution in [3.63, 3.8) is 0 Å². The summed E-state index contributed by atoms with van der Waals surface area (Å²) in [7, 11) is 0. The topological polar surface area (TPSA) is 17.8 Å². The molecule has 1 aromatic heterocycles. The van der Waals surface area contributed by atoms with Gasteiger partial charge in [0.15, 0.2) is 0 Å². The average molecular weight is 276 g/mol. The van der Waals surface area contributed by atoms with Gasteiger partial charge in [-0.3, -0.25) is 0 Å². The lowest BCUT2D eigenvalue weighted by Gasteiger charge is -2.02. The van der Waals surface area contributed by atoms with Crippen LogP contribution in [0.5, 0.6) is 0 Å². The van der Waals surface area contributed by atoms with Gasteiger partial charge >= 0.3 is 0 Å². The van der Waals surface area contributed by atoms with Gasteiger partial charge in [-0.15, -0.1) is 11.6 Å². The highest BCUT2D eigenvalue weighted by Gasteiger charge is 2.13. The van der Waals surface area contributed by atoms with E-state index in [2.05, 4.69) is 5.10 Å². The molecule has 84 valence electrons. The van der Waals surface area contributed by atoms with Crippen molar-refractivity contribution >= 4 is 34.8 Å². The van der Waals surface area contributed by atoms with Gasteiger partial charge < -0.3 is 0 Å². The molecule has 2 aromatic rings. The van der Waals surface area contributed by atoms with Gasteiger partial charge in [-0.1, -0.05) is 23.2 Å². The fourth-order valence-electron chi connectivity index (χ4n) is 1.44. The molecule has 0 radical (unpaired) electrons. The van der Waals surface area contributed by atoms with Crippen LogP contribution >= 0.6 is 34.8 Å². The molecular formula is C11H9Cl3N2. The molecule has 1 heterocycles. The summed E-state index contributed by atoms with van der Waals surface area (Å²) >= 11 is 17.8. The number of hydrogen-bond acceptors (Lipinski definition) is 1. The summed E-state index contributed by atoms with van der Waals surface area (Å²) in [5, 5.41) is 5.57. The maximum absolute atomic E-state index is 6.19. The molecule has 0 aliphatic carbocycles. The lowest BCUT2D eigenvalue weighted by molar-refractivity contribution is 0.863. The minimum Gasteiger partial charge on any atom is -0.222 e. The summed E-state index contributed by atoms with van der Waals surface area (Å²) < 4.78 is 1.66. The predicted octanol–water partition coefficient (Wildman–Crippen LogP) is 4.23. The van der Waals surface area contributed by atoms with Crippen LogP contribution in [0.25, 0.3) is 5.69 Å². The largest absolute Gasteiger partial charge is 0.222 e. The van der Waals surface area contributed by atoms with E-state index in [1.165, 1.54) is 0 Å². The zero-order chi connectivity index (χ0) is 11.7. The van der Waals surface area contributed by atoms with Crippen molar-refractivity contribution in [2.45, 2.75) is 12.8 Å². The van der Waals surface area contributed by atoms with Crippen LogP contribution in [0.3, 0.4) is 0 Å². The summed E-state index contributed by atoms with van der Waals surface area (Å²) in [6.45, 7) is 1.88. The molecule has 2 rings (SSSR count). The molecule has 16 heavy (non-hydrogen) atoms. The van der Waals surface area contributed by atoms with Gasteiger partial charge in [0, 0.05) is 10.6 Å². The van der Waals surface area contributed by atoms with Crippen LogP contribution in [0.4, 0.5) is 0 Å². The molecule has 0 N–H and O–H groups in total. The number of nitrogens with zero attached hydrogens (tertiary/aromatic N) is 2. The van der Waals surface area contributed by atoms with Gasteiger partial charge in [0.2, 0.25) is 0 Å². The van der Waals surface area contributed by atoms with Crippen molar-refractivity contribution in [1.82, 2.24) is 9.78 Å². The summed E-state index contributed by atoms with van der Waals surface area (Å²) in [6.07, 6.45) is 0. The minimum absolute atomic E-state index is 0.359. The van der Waals surface area contributed by atoms with Crippen LogP contribution in [0, 0.1) is 6.92 Å². The molecule has 0 aliphatic heterocycles. The maximum Gasteiger partial charge on any atom is 0.137 e. The van der Waals surface area contributed by atoms with Gasteiger partial charge in [0.1, 0.15) is 5.15 Å². The first-order valence-electron chi connectivity index (χ1n) is 4.69. The Labute approximate surface area is 109 Å². The Balaban J connectivity index is 2.52. The van der Waals surface area contributed by atoms with Gasteiger partial charge in [0.25, 0.3) is 0 Å². The first kappa shape index (κ1) is 11.8. The molecule has 0 bridgehead atoms. The van der Waals surface area contributed by atoms with E-state index in [1.54, 1.807) is 16.8 Å². The number of rotatable bonds is 2. The Bertz CT molecular complexity index is 503. The number of aryl methyl sites for hydroxylation is 1. The van der Waals surface area contributed by atoms with Crippen LogP contribution in [-0.2, 0) is 5.88 Å². The van der Waals surface area contributed by atoms with Gasteiger partial charge in [-0.05, 0) is 31.2 Å². The smallest absolute Gasteiger partial charge is 0.137 e. The fraction of sp³-hybridized carbons (Fsp3) is 0.182. The molecule has 0 fully saturated rings. The molecule has 2 nitrogen and oxygen atoms in total. The molecule has 0 amide bonds.